The van der Waals surface area contributed by atoms with Gasteiger partial charge in [-0.2, -0.15) is 5.26 Å². The maximum Gasteiger partial charge on any atom is 0.270 e. The first-order valence-corrected chi connectivity index (χ1v) is 16.4. The van der Waals surface area contributed by atoms with Gasteiger partial charge in [0.2, 0.25) is 6.79 Å². The molecule has 232 valence electrons. The molecule has 0 bridgehead atoms. The van der Waals surface area contributed by atoms with Crippen LogP contribution in [0.1, 0.15) is 47.6 Å². The molecule has 2 saturated heterocycles. The number of hydrogen-bond acceptors (Lipinski definition) is 9. The fraction of sp³-hybridized carbons (Fsp3) is 0.353. The van der Waals surface area contributed by atoms with E-state index in [0.29, 0.717) is 39.4 Å². The monoisotopic (exact) mass is 641 g/mol. The third-order valence-corrected chi connectivity index (χ3v) is 9.81. The number of thiocarbonyl (C=S) groups is 1. The van der Waals surface area contributed by atoms with Gasteiger partial charge in [0.05, 0.1) is 11.4 Å². The Hall–Kier alpha value is -4.11. The number of aromatic nitrogens is 1. The lowest BCUT2D eigenvalue weighted by Gasteiger charge is -2.38. The second-order valence-electron chi connectivity index (χ2n) is 11.4. The summed E-state index contributed by atoms with van der Waals surface area (Å²) in [6.45, 7) is 8.81. The molecule has 0 atom stereocenters. The number of rotatable bonds is 9. The highest BCUT2D eigenvalue weighted by atomic mass is 32.2. The highest BCUT2D eigenvalue weighted by Crippen LogP contribution is 2.38. The minimum atomic E-state index is -0.280. The van der Waals surface area contributed by atoms with Gasteiger partial charge in [0, 0.05) is 44.8 Å². The zero-order valence-corrected chi connectivity index (χ0v) is 27.1. The molecule has 3 aliphatic heterocycles. The van der Waals surface area contributed by atoms with Crippen LogP contribution in [0.5, 0.6) is 11.5 Å². The van der Waals surface area contributed by atoms with E-state index in [1.165, 1.54) is 17.3 Å². The molecule has 0 N–H and O–H groups in total. The first-order valence-electron chi connectivity index (χ1n) is 15.2. The van der Waals surface area contributed by atoms with Crippen LogP contribution in [0.3, 0.4) is 0 Å². The number of benzene rings is 2. The van der Waals surface area contributed by atoms with Crippen LogP contribution >= 0.6 is 24.0 Å². The number of amides is 1. The van der Waals surface area contributed by atoms with Crippen LogP contribution in [0.25, 0.3) is 6.08 Å². The second-order valence-corrected chi connectivity index (χ2v) is 13.0. The predicted octanol–water partition coefficient (Wildman–Crippen LogP) is 5.28. The average molecular weight is 642 g/mol. The number of thioether (sulfide) groups is 1. The van der Waals surface area contributed by atoms with E-state index >= 15 is 0 Å². The minimum absolute atomic E-state index is 0.111. The van der Waals surface area contributed by atoms with Crippen LogP contribution in [0.15, 0.2) is 58.2 Å². The number of carbonyl (C=O) groups excluding carboxylic acids is 1. The second kappa shape index (κ2) is 13.5. The number of anilines is 1. The van der Waals surface area contributed by atoms with Crippen molar-refractivity contribution in [1.82, 2.24) is 14.4 Å². The van der Waals surface area contributed by atoms with Crippen LogP contribution in [0.4, 0.5) is 5.82 Å². The van der Waals surface area contributed by atoms with Gasteiger partial charge >= 0.3 is 0 Å². The Morgan fingerprint density at radius 1 is 1.00 bits per heavy atom. The van der Waals surface area contributed by atoms with Crippen molar-refractivity contribution in [1.29, 1.82) is 5.26 Å². The van der Waals surface area contributed by atoms with Crippen LogP contribution < -0.4 is 19.9 Å². The summed E-state index contributed by atoms with van der Waals surface area (Å²) in [7, 11) is 0. The fourth-order valence-corrected chi connectivity index (χ4v) is 7.19. The molecule has 0 radical (unpaired) electrons. The van der Waals surface area contributed by atoms with Crippen molar-refractivity contribution in [2.24, 2.45) is 0 Å². The van der Waals surface area contributed by atoms with E-state index in [2.05, 4.69) is 47.1 Å². The number of pyridine rings is 1. The zero-order valence-electron chi connectivity index (χ0n) is 25.5. The molecule has 2 fully saturated rings. The fourth-order valence-electron chi connectivity index (χ4n) is 5.96. The summed E-state index contributed by atoms with van der Waals surface area (Å²) in [5.41, 5.74) is 3.28. The maximum atomic E-state index is 13.8. The lowest BCUT2D eigenvalue weighted by molar-refractivity contribution is -0.122. The van der Waals surface area contributed by atoms with Crippen molar-refractivity contribution in [3.05, 3.63) is 91.6 Å². The van der Waals surface area contributed by atoms with E-state index in [4.69, 9.17) is 21.7 Å². The molecule has 0 spiro atoms. The highest BCUT2D eigenvalue weighted by molar-refractivity contribution is 8.26. The van der Waals surface area contributed by atoms with Crippen molar-refractivity contribution in [3.63, 3.8) is 0 Å². The van der Waals surface area contributed by atoms with Gasteiger partial charge in [-0.05, 0) is 48.2 Å². The molecule has 4 heterocycles. The largest absolute Gasteiger partial charge is 0.454 e. The van der Waals surface area contributed by atoms with Crippen molar-refractivity contribution < 1.29 is 14.3 Å². The van der Waals surface area contributed by atoms with Crippen molar-refractivity contribution in [2.45, 2.75) is 46.3 Å². The third kappa shape index (κ3) is 6.36. The van der Waals surface area contributed by atoms with Gasteiger partial charge in [-0.15, -0.1) is 0 Å². The number of carbonyl (C=O) groups is 1. The lowest BCUT2D eigenvalue weighted by Crippen LogP contribution is -2.48. The van der Waals surface area contributed by atoms with Gasteiger partial charge in [0.25, 0.3) is 11.5 Å². The summed E-state index contributed by atoms with van der Waals surface area (Å²) >= 11 is 6.91. The van der Waals surface area contributed by atoms with Crippen molar-refractivity contribution >= 4 is 46.1 Å². The highest BCUT2D eigenvalue weighted by Gasteiger charge is 2.34. The number of nitriles is 1. The number of ether oxygens (including phenoxy) is 2. The third-order valence-electron chi connectivity index (χ3n) is 8.43. The summed E-state index contributed by atoms with van der Waals surface area (Å²) in [5, 5.41) is 10.1. The standard InChI is InChI=1S/C34H35N5O4S2/c1-3-4-12-38-31(37-15-13-36(14-16-37)20-24-8-6-5-7-9-24)26(23(2)27(19-35)32(38)40)18-30-33(41)39(34(44)45-30)21-25-10-11-28-29(17-25)43-22-42-28/h5-11,17-18H,3-4,12-16,20-22H2,1-2H3. The molecular formula is C34H35N5O4S2. The van der Waals surface area contributed by atoms with E-state index in [1.54, 1.807) is 16.4 Å². The predicted molar refractivity (Wildman–Crippen MR) is 180 cm³/mol. The Kier molecular flexibility index (Phi) is 9.26. The Labute approximate surface area is 272 Å². The number of unbranched alkanes of at least 4 members (excludes halogenated alkanes) is 1. The van der Waals surface area contributed by atoms with E-state index in [-0.39, 0.29) is 23.8 Å². The first-order chi connectivity index (χ1) is 21.9. The minimum Gasteiger partial charge on any atom is -0.454 e. The number of hydrogen-bond donors (Lipinski definition) is 0. The molecule has 0 unspecified atom stereocenters. The topological polar surface area (TPSA) is 91.0 Å². The quantitative estimate of drug-likeness (QED) is 0.229. The van der Waals surface area contributed by atoms with Gasteiger partial charge in [0.15, 0.2) is 11.5 Å². The van der Waals surface area contributed by atoms with Crippen LogP contribution in [0.2, 0.25) is 0 Å². The van der Waals surface area contributed by atoms with Gasteiger partial charge in [-0.1, -0.05) is 73.7 Å². The number of piperazine rings is 1. The smallest absolute Gasteiger partial charge is 0.270 e. The maximum absolute atomic E-state index is 13.8. The normalized spacial score (nSPS) is 17.4. The van der Waals surface area contributed by atoms with E-state index in [0.717, 1.165) is 62.5 Å². The number of nitrogens with zero attached hydrogens (tertiary/aromatic N) is 5. The Bertz CT molecular complexity index is 1760. The molecule has 6 rings (SSSR count). The van der Waals surface area contributed by atoms with Gasteiger partial charge < -0.3 is 14.4 Å². The molecule has 1 aromatic heterocycles. The van der Waals surface area contributed by atoms with Crippen molar-refractivity contribution in [3.8, 4) is 17.6 Å². The van der Waals surface area contributed by atoms with Crippen LogP contribution in [-0.4, -0.2) is 57.6 Å². The Balaban J connectivity index is 1.33. The lowest BCUT2D eigenvalue weighted by atomic mass is 10.0. The van der Waals surface area contributed by atoms with E-state index in [1.807, 2.05) is 30.3 Å². The molecule has 0 aliphatic carbocycles. The first kappa shape index (κ1) is 30.9. The van der Waals surface area contributed by atoms with Crippen molar-refractivity contribution in [2.75, 3.05) is 37.9 Å². The van der Waals surface area contributed by atoms with Gasteiger partial charge in [-0.25, -0.2) is 0 Å². The summed E-state index contributed by atoms with van der Waals surface area (Å²) in [5.74, 6) is 1.89. The summed E-state index contributed by atoms with van der Waals surface area (Å²) in [6.07, 6.45) is 3.54. The molecular weight excluding hydrogens is 607 g/mol. The number of fused-ring (bicyclic) bond motifs is 1. The average Bonchev–Trinajstić information content (AvgIpc) is 3.62. The SMILES string of the molecule is CCCCn1c(N2CCN(Cc3ccccc3)CC2)c(C=C2SC(=S)N(Cc3ccc4c(c3)OCO4)C2=O)c(C)c(C#N)c1=O. The van der Waals surface area contributed by atoms with Gasteiger partial charge in [-0.3, -0.25) is 24.0 Å². The molecule has 0 saturated carbocycles. The van der Waals surface area contributed by atoms with E-state index in [9.17, 15) is 14.9 Å². The van der Waals surface area contributed by atoms with Crippen LogP contribution in [0, 0.1) is 18.3 Å². The van der Waals surface area contributed by atoms with Gasteiger partial charge in [0.1, 0.15) is 21.8 Å². The molecule has 9 nitrogen and oxygen atoms in total. The molecule has 1 amide bonds. The molecule has 11 heteroatoms. The Morgan fingerprint density at radius 3 is 2.49 bits per heavy atom. The Morgan fingerprint density at radius 2 is 1.76 bits per heavy atom. The van der Waals surface area contributed by atoms with Crippen LogP contribution in [-0.2, 0) is 24.4 Å². The molecule has 2 aromatic carbocycles. The summed E-state index contributed by atoms with van der Waals surface area (Å²) < 4.78 is 13.1. The zero-order chi connectivity index (χ0) is 31.5. The van der Waals surface area contributed by atoms with E-state index < -0.39 is 0 Å². The summed E-state index contributed by atoms with van der Waals surface area (Å²) in [4.78, 5) is 34.2. The molecule has 3 aromatic rings. The molecule has 45 heavy (non-hydrogen) atoms. The molecule has 3 aliphatic rings. The summed E-state index contributed by atoms with van der Waals surface area (Å²) in [6, 6.07) is 18.2.